The van der Waals surface area contributed by atoms with Gasteiger partial charge in [-0.05, 0) is 17.7 Å². The molecule has 0 heterocycles. The molecular weight excluding hydrogens is 192 g/mol. The average molecular weight is 197 g/mol. The Hall–Kier alpha value is -1.71. The van der Waals surface area contributed by atoms with Crippen molar-refractivity contribution in [2.45, 2.75) is 0 Å². The molecule has 6 heteroatoms. The number of benzene rings is 1. The van der Waals surface area contributed by atoms with Crippen molar-refractivity contribution in [3.63, 3.8) is 0 Å². The summed E-state index contributed by atoms with van der Waals surface area (Å²) in [5.41, 5.74) is 13.5. The van der Waals surface area contributed by atoms with Crippen LogP contribution in [0.25, 0.3) is 10.4 Å². The minimum Gasteiger partial charge on any atom is -0.366 e. The van der Waals surface area contributed by atoms with Crippen LogP contribution in [0.2, 0.25) is 5.02 Å². The van der Waals surface area contributed by atoms with Crippen molar-refractivity contribution in [2.75, 3.05) is 0 Å². The first-order valence-corrected chi connectivity index (χ1v) is 3.67. The second-order valence-corrected chi connectivity index (χ2v) is 2.65. The zero-order valence-corrected chi connectivity index (χ0v) is 7.19. The number of nitrogens with two attached hydrogens (primary N) is 1. The maximum Gasteiger partial charge on any atom is 0.249 e. The minimum absolute atomic E-state index is 0.116. The van der Waals surface area contributed by atoms with Gasteiger partial charge in [-0.3, -0.25) is 4.79 Å². The maximum absolute atomic E-state index is 10.8. The number of azide groups is 1. The molecule has 1 aromatic carbocycles. The molecular formula is C7H5ClN4O. The van der Waals surface area contributed by atoms with Crippen LogP contribution >= 0.6 is 11.6 Å². The van der Waals surface area contributed by atoms with Crippen molar-refractivity contribution in [3.05, 3.63) is 39.2 Å². The van der Waals surface area contributed by atoms with Crippen LogP contribution in [-0.2, 0) is 0 Å². The minimum atomic E-state index is -0.676. The predicted molar refractivity (Wildman–Crippen MR) is 48.8 cm³/mol. The van der Waals surface area contributed by atoms with Gasteiger partial charge in [-0.2, -0.15) is 0 Å². The lowest BCUT2D eigenvalue weighted by Gasteiger charge is -1.99. The van der Waals surface area contributed by atoms with Crippen molar-refractivity contribution >= 4 is 23.2 Å². The van der Waals surface area contributed by atoms with Gasteiger partial charge in [0.05, 0.1) is 11.3 Å². The van der Waals surface area contributed by atoms with E-state index in [1.807, 2.05) is 0 Å². The Morgan fingerprint density at radius 3 is 2.85 bits per heavy atom. The fourth-order valence-electron chi connectivity index (χ4n) is 0.841. The van der Waals surface area contributed by atoms with Gasteiger partial charge in [-0.25, -0.2) is 0 Å². The maximum atomic E-state index is 10.8. The summed E-state index contributed by atoms with van der Waals surface area (Å²) in [6.45, 7) is 0. The van der Waals surface area contributed by atoms with Crippen molar-refractivity contribution in [2.24, 2.45) is 10.8 Å². The average Bonchev–Trinajstić information content (AvgIpc) is 2.08. The van der Waals surface area contributed by atoms with E-state index in [0.717, 1.165) is 0 Å². The lowest BCUT2D eigenvalue weighted by atomic mass is 10.2. The summed E-state index contributed by atoms with van der Waals surface area (Å²) >= 11 is 5.62. The summed E-state index contributed by atoms with van der Waals surface area (Å²) < 4.78 is 0. The Labute approximate surface area is 78.7 Å². The highest BCUT2D eigenvalue weighted by Crippen LogP contribution is 2.22. The molecule has 1 aromatic rings. The molecule has 0 saturated carbocycles. The van der Waals surface area contributed by atoms with E-state index in [0.29, 0.717) is 5.02 Å². The molecule has 0 aliphatic rings. The van der Waals surface area contributed by atoms with Crippen molar-refractivity contribution in [1.82, 2.24) is 0 Å². The van der Waals surface area contributed by atoms with Crippen LogP contribution in [0.3, 0.4) is 0 Å². The van der Waals surface area contributed by atoms with Crippen molar-refractivity contribution in [1.29, 1.82) is 0 Å². The molecule has 66 valence electrons. The Morgan fingerprint density at radius 1 is 1.62 bits per heavy atom. The van der Waals surface area contributed by atoms with E-state index >= 15 is 0 Å². The predicted octanol–water partition coefficient (Wildman–Crippen LogP) is 2.38. The summed E-state index contributed by atoms with van der Waals surface area (Å²) in [7, 11) is 0. The lowest BCUT2D eigenvalue weighted by Crippen LogP contribution is -2.10. The highest BCUT2D eigenvalue weighted by Gasteiger charge is 2.06. The molecule has 0 radical (unpaired) electrons. The number of nitrogens with zero attached hydrogens (tertiary/aromatic N) is 3. The number of hydrogen-bond acceptors (Lipinski definition) is 2. The van der Waals surface area contributed by atoms with E-state index in [2.05, 4.69) is 10.0 Å². The van der Waals surface area contributed by atoms with Gasteiger partial charge < -0.3 is 5.73 Å². The first-order valence-electron chi connectivity index (χ1n) is 3.29. The van der Waals surface area contributed by atoms with Gasteiger partial charge in [-0.1, -0.05) is 22.8 Å². The number of rotatable bonds is 2. The van der Waals surface area contributed by atoms with Crippen LogP contribution < -0.4 is 5.73 Å². The van der Waals surface area contributed by atoms with Gasteiger partial charge in [0, 0.05) is 9.93 Å². The Morgan fingerprint density at radius 2 is 2.31 bits per heavy atom. The van der Waals surface area contributed by atoms with Crippen molar-refractivity contribution in [3.8, 4) is 0 Å². The first kappa shape index (κ1) is 9.38. The van der Waals surface area contributed by atoms with Crippen LogP contribution in [0, 0.1) is 0 Å². The molecule has 0 atom stereocenters. The molecule has 0 spiro atoms. The van der Waals surface area contributed by atoms with Gasteiger partial charge in [0.1, 0.15) is 0 Å². The van der Waals surface area contributed by atoms with Crippen LogP contribution in [0.15, 0.2) is 23.3 Å². The second kappa shape index (κ2) is 3.80. The van der Waals surface area contributed by atoms with Crippen LogP contribution in [-0.4, -0.2) is 5.91 Å². The van der Waals surface area contributed by atoms with E-state index in [1.54, 1.807) is 0 Å². The molecule has 5 nitrogen and oxygen atoms in total. The topological polar surface area (TPSA) is 91.8 Å². The molecule has 0 aliphatic carbocycles. The summed E-state index contributed by atoms with van der Waals surface area (Å²) in [5.74, 6) is -0.676. The Bertz CT molecular complexity index is 397. The molecule has 1 amide bonds. The monoisotopic (exact) mass is 196 g/mol. The quantitative estimate of drug-likeness (QED) is 0.439. The molecule has 2 N–H and O–H groups in total. The third-order valence-electron chi connectivity index (χ3n) is 1.38. The molecule has 13 heavy (non-hydrogen) atoms. The Balaban J connectivity index is 3.34. The van der Waals surface area contributed by atoms with E-state index < -0.39 is 5.91 Å². The highest BCUT2D eigenvalue weighted by atomic mass is 35.5. The van der Waals surface area contributed by atoms with Crippen LogP contribution in [0.4, 0.5) is 5.69 Å². The normalized spacial score (nSPS) is 9.00. The van der Waals surface area contributed by atoms with E-state index in [-0.39, 0.29) is 11.3 Å². The fraction of sp³-hybridized carbons (Fsp3) is 0. The number of amides is 1. The van der Waals surface area contributed by atoms with Gasteiger partial charge in [-0.15, -0.1) is 0 Å². The largest absolute Gasteiger partial charge is 0.366 e. The van der Waals surface area contributed by atoms with Gasteiger partial charge in [0.25, 0.3) is 0 Å². The van der Waals surface area contributed by atoms with Crippen LogP contribution in [0.1, 0.15) is 10.4 Å². The number of hydrogen-bond donors (Lipinski definition) is 1. The van der Waals surface area contributed by atoms with Crippen molar-refractivity contribution < 1.29 is 4.79 Å². The summed E-state index contributed by atoms with van der Waals surface area (Å²) in [6, 6.07) is 4.30. The summed E-state index contributed by atoms with van der Waals surface area (Å²) in [5, 5.41) is 3.66. The fourth-order valence-corrected chi connectivity index (χ4v) is 1.01. The standard InChI is InChI=1S/C7H5ClN4O/c8-4-1-2-6(11-12-10)5(3-4)7(9)13/h1-3H,(H2,9,13). The molecule has 0 aromatic heterocycles. The SMILES string of the molecule is [N-]=[N+]=Nc1ccc(Cl)cc1C(N)=O. The van der Waals surface area contributed by atoms with E-state index in [9.17, 15) is 4.79 Å². The molecule has 0 saturated heterocycles. The van der Waals surface area contributed by atoms with Gasteiger partial charge >= 0.3 is 0 Å². The van der Waals surface area contributed by atoms with E-state index in [1.165, 1.54) is 18.2 Å². The Kier molecular flexibility index (Phi) is 2.74. The zero-order valence-electron chi connectivity index (χ0n) is 6.44. The first-order chi connectivity index (χ1) is 6.15. The third kappa shape index (κ3) is 2.11. The van der Waals surface area contributed by atoms with Crippen LogP contribution in [0.5, 0.6) is 0 Å². The molecule has 0 unspecified atom stereocenters. The molecule has 0 fully saturated rings. The molecule has 0 aliphatic heterocycles. The molecule has 1 rings (SSSR count). The molecule has 0 bridgehead atoms. The van der Waals surface area contributed by atoms with E-state index in [4.69, 9.17) is 22.9 Å². The zero-order chi connectivity index (χ0) is 9.84. The van der Waals surface area contributed by atoms with Gasteiger partial charge in [0.15, 0.2) is 0 Å². The lowest BCUT2D eigenvalue weighted by molar-refractivity contribution is 0.100. The smallest absolute Gasteiger partial charge is 0.249 e. The summed E-state index contributed by atoms with van der Waals surface area (Å²) in [4.78, 5) is 13.4. The second-order valence-electron chi connectivity index (χ2n) is 2.22. The number of carbonyl (C=O) groups excluding carboxylic acids is 1. The number of primary amides is 1. The number of halogens is 1. The highest BCUT2D eigenvalue weighted by molar-refractivity contribution is 6.31. The third-order valence-corrected chi connectivity index (χ3v) is 1.61. The van der Waals surface area contributed by atoms with Gasteiger partial charge in [0.2, 0.25) is 5.91 Å². The number of carbonyl (C=O) groups is 1. The summed E-state index contributed by atoms with van der Waals surface area (Å²) in [6.07, 6.45) is 0.